The number of halogens is 1. The summed E-state index contributed by atoms with van der Waals surface area (Å²) in [6, 6.07) is 18.2. The van der Waals surface area contributed by atoms with E-state index < -0.39 is 0 Å². The van der Waals surface area contributed by atoms with E-state index in [1.165, 1.54) is 12.1 Å². The van der Waals surface area contributed by atoms with Gasteiger partial charge in [-0.05, 0) is 48.0 Å². The van der Waals surface area contributed by atoms with Crippen LogP contribution in [0.3, 0.4) is 0 Å². The van der Waals surface area contributed by atoms with Crippen molar-refractivity contribution >= 4 is 23.0 Å². The van der Waals surface area contributed by atoms with Crippen molar-refractivity contribution in [2.75, 3.05) is 19.5 Å². The van der Waals surface area contributed by atoms with Gasteiger partial charge < -0.3 is 10.1 Å². The van der Waals surface area contributed by atoms with Crippen molar-refractivity contribution in [3.63, 3.8) is 0 Å². The van der Waals surface area contributed by atoms with E-state index in [-0.39, 0.29) is 5.82 Å². The maximum absolute atomic E-state index is 13.4. The van der Waals surface area contributed by atoms with Crippen LogP contribution in [0.1, 0.15) is 16.8 Å². The first-order valence-corrected chi connectivity index (χ1v) is 10.2. The summed E-state index contributed by atoms with van der Waals surface area (Å²) in [6.45, 7) is 0.634. The molecule has 0 amide bonds. The predicted molar refractivity (Wildman–Crippen MR) is 127 cm³/mol. The fraction of sp³-hybridized carbons (Fsp3) is 0.115. The highest BCUT2D eigenvalue weighted by Crippen LogP contribution is 2.29. The first kappa shape index (κ1) is 21.2. The molecule has 0 bridgehead atoms. The molecule has 3 aromatic rings. The zero-order chi connectivity index (χ0) is 22.3. The van der Waals surface area contributed by atoms with Gasteiger partial charge in [0.1, 0.15) is 11.6 Å². The number of ether oxygens (including phenoxy) is 1. The van der Waals surface area contributed by atoms with Crippen LogP contribution in [-0.2, 0) is 11.3 Å². The lowest BCUT2D eigenvalue weighted by Crippen LogP contribution is -2.08. The number of hydrogen-bond donors (Lipinski definition) is 1. The highest BCUT2D eigenvalue weighted by atomic mass is 19.1. The molecule has 1 N–H and O–H groups in total. The van der Waals surface area contributed by atoms with Crippen LogP contribution in [0.4, 0.5) is 10.3 Å². The monoisotopic (exact) mass is 426 g/mol. The van der Waals surface area contributed by atoms with Crippen molar-refractivity contribution in [1.29, 1.82) is 0 Å². The van der Waals surface area contributed by atoms with E-state index in [2.05, 4.69) is 20.3 Å². The molecule has 0 fully saturated rings. The van der Waals surface area contributed by atoms with Crippen LogP contribution in [0, 0.1) is 5.82 Å². The summed E-state index contributed by atoms with van der Waals surface area (Å²) in [7, 11) is 3.33. The maximum Gasteiger partial charge on any atom is 0.223 e. The fourth-order valence-corrected chi connectivity index (χ4v) is 3.44. The fourth-order valence-electron chi connectivity index (χ4n) is 3.44. The van der Waals surface area contributed by atoms with Gasteiger partial charge in [0, 0.05) is 36.5 Å². The van der Waals surface area contributed by atoms with Gasteiger partial charge in [-0.15, -0.1) is 0 Å². The number of aromatic nitrogens is 2. The Morgan fingerprint density at radius 1 is 1.03 bits per heavy atom. The first-order chi connectivity index (χ1) is 15.7. The molecule has 32 heavy (non-hydrogen) atoms. The molecule has 1 aliphatic carbocycles. The van der Waals surface area contributed by atoms with E-state index in [4.69, 9.17) is 4.74 Å². The van der Waals surface area contributed by atoms with Crippen LogP contribution in [0.2, 0.25) is 0 Å². The number of nitrogens with one attached hydrogen (secondary N) is 1. The van der Waals surface area contributed by atoms with E-state index in [1.54, 1.807) is 32.5 Å². The summed E-state index contributed by atoms with van der Waals surface area (Å²) in [5.74, 6) is 0.866. The van der Waals surface area contributed by atoms with Gasteiger partial charge in [0.15, 0.2) is 0 Å². The summed E-state index contributed by atoms with van der Waals surface area (Å²) >= 11 is 0. The lowest BCUT2D eigenvalue weighted by molar-refractivity contribution is 0.369. The van der Waals surface area contributed by atoms with Crippen molar-refractivity contribution in [3.8, 4) is 0 Å². The van der Waals surface area contributed by atoms with Crippen molar-refractivity contribution in [1.82, 2.24) is 9.97 Å². The number of methoxy groups -OCH3 is 1. The Bertz CT molecular complexity index is 1210. The SMILES string of the molecule is C/N=C1/C=CC(c2ccnc(NCc3ccccc3)n2)=C/C1=C(/OC)c1ccc(F)cc1. The molecule has 0 saturated heterocycles. The summed E-state index contributed by atoms with van der Waals surface area (Å²) in [6.07, 6.45) is 7.60. The third-order valence-corrected chi connectivity index (χ3v) is 5.04. The summed E-state index contributed by atoms with van der Waals surface area (Å²) in [5.41, 5.74) is 5.16. The lowest BCUT2D eigenvalue weighted by atomic mass is 9.94. The molecule has 0 unspecified atom stereocenters. The molecule has 0 aliphatic heterocycles. The number of nitrogens with zero attached hydrogens (tertiary/aromatic N) is 3. The van der Waals surface area contributed by atoms with Gasteiger partial charge >= 0.3 is 0 Å². The van der Waals surface area contributed by atoms with E-state index in [0.717, 1.165) is 33.7 Å². The van der Waals surface area contributed by atoms with Gasteiger partial charge in [0.05, 0.1) is 18.5 Å². The van der Waals surface area contributed by atoms with E-state index in [1.807, 2.05) is 54.6 Å². The molecule has 0 radical (unpaired) electrons. The minimum Gasteiger partial charge on any atom is -0.495 e. The number of anilines is 1. The van der Waals surface area contributed by atoms with Crippen LogP contribution >= 0.6 is 0 Å². The van der Waals surface area contributed by atoms with Crippen LogP contribution in [0.5, 0.6) is 0 Å². The molecule has 4 rings (SSSR count). The Hall–Kier alpha value is -4.06. The van der Waals surface area contributed by atoms with E-state index >= 15 is 0 Å². The molecular weight excluding hydrogens is 403 g/mol. The van der Waals surface area contributed by atoms with Crippen molar-refractivity contribution in [3.05, 3.63) is 113 Å². The second kappa shape index (κ2) is 9.83. The standard InChI is InChI=1S/C26H23FN4O/c1-28-24-13-10-20(16-22(24)25(32-2)19-8-11-21(27)12-9-19)23-14-15-29-26(31-23)30-17-18-6-4-3-5-7-18/h3-16H,17H2,1-2H3,(H,29,30,31)/b25-22-,28-24-. The third-order valence-electron chi connectivity index (χ3n) is 5.04. The summed E-state index contributed by atoms with van der Waals surface area (Å²) in [4.78, 5) is 13.4. The Morgan fingerprint density at radius 2 is 1.81 bits per heavy atom. The molecule has 5 nitrogen and oxygen atoms in total. The number of aliphatic imine (C=N–C) groups is 1. The largest absolute Gasteiger partial charge is 0.495 e. The summed E-state index contributed by atoms with van der Waals surface area (Å²) in [5, 5.41) is 3.27. The minimum absolute atomic E-state index is 0.296. The maximum atomic E-state index is 13.4. The molecule has 0 atom stereocenters. The highest BCUT2D eigenvalue weighted by Gasteiger charge is 2.18. The van der Waals surface area contributed by atoms with Gasteiger partial charge in [-0.25, -0.2) is 14.4 Å². The number of benzene rings is 2. The average Bonchev–Trinajstić information content (AvgIpc) is 2.85. The molecule has 0 spiro atoms. The van der Waals surface area contributed by atoms with E-state index in [9.17, 15) is 4.39 Å². The molecule has 1 heterocycles. The van der Waals surface area contributed by atoms with E-state index in [0.29, 0.717) is 18.3 Å². The first-order valence-electron chi connectivity index (χ1n) is 10.2. The third kappa shape index (κ3) is 4.81. The molecule has 160 valence electrons. The normalized spacial score (nSPS) is 16.0. The van der Waals surface area contributed by atoms with Gasteiger partial charge in [0.25, 0.3) is 0 Å². The predicted octanol–water partition coefficient (Wildman–Crippen LogP) is 5.31. The Labute approximate surface area is 186 Å². The molecule has 2 aromatic carbocycles. The highest BCUT2D eigenvalue weighted by molar-refractivity contribution is 6.18. The molecule has 0 saturated carbocycles. The van der Waals surface area contributed by atoms with Crippen LogP contribution in [0.25, 0.3) is 11.3 Å². The Morgan fingerprint density at radius 3 is 2.53 bits per heavy atom. The zero-order valence-corrected chi connectivity index (χ0v) is 17.9. The van der Waals surface area contributed by atoms with Gasteiger partial charge in [0.2, 0.25) is 5.95 Å². The lowest BCUT2D eigenvalue weighted by Gasteiger charge is -2.17. The zero-order valence-electron chi connectivity index (χ0n) is 17.9. The van der Waals surface area contributed by atoms with Gasteiger partial charge in [-0.1, -0.05) is 36.4 Å². The molecule has 1 aromatic heterocycles. The van der Waals surface area contributed by atoms with Crippen LogP contribution in [0.15, 0.2) is 95.7 Å². The Kier molecular flexibility index (Phi) is 6.51. The molecule has 1 aliphatic rings. The van der Waals surface area contributed by atoms with Crippen molar-refractivity contribution < 1.29 is 9.13 Å². The molecular formula is C26H23FN4O. The Balaban J connectivity index is 1.67. The van der Waals surface area contributed by atoms with Crippen LogP contribution in [-0.4, -0.2) is 29.8 Å². The van der Waals surface area contributed by atoms with Crippen molar-refractivity contribution in [2.24, 2.45) is 4.99 Å². The summed E-state index contributed by atoms with van der Waals surface area (Å²) < 4.78 is 19.1. The van der Waals surface area contributed by atoms with Crippen LogP contribution < -0.4 is 5.32 Å². The minimum atomic E-state index is -0.296. The van der Waals surface area contributed by atoms with Gasteiger partial charge in [-0.2, -0.15) is 0 Å². The number of hydrogen-bond acceptors (Lipinski definition) is 5. The van der Waals surface area contributed by atoms with Crippen molar-refractivity contribution in [2.45, 2.75) is 6.54 Å². The molecule has 6 heteroatoms. The quantitative estimate of drug-likeness (QED) is 0.543. The average molecular weight is 426 g/mol. The number of allylic oxidation sites excluding steroid dienone is 5. The second-order valence-corrected chi connectivity index (χ2v) is 7.10. The second-order valence-electron chi connectivity index (χ2n) is 7.10. The topological polar surface area (TPSA) is 59.4 Å². The smallest absolute Gasteiger partial charge is 0.223 e. The number of rotatable bonds is 6. The van der Waals surface area contributed by atoms with Gasteiger partial charge in [-0.3, -0.25) is 4.99 Å².